The number of carbonyl (C=O) groups is 1. The third-order valence-electron chi connectivity index (χ3n) is 7.82. The highest BCUT2D eigenvalue weighted by Crippen LogP contribution is 2.64. The van der Waals surface area contributed by atoms with E-state index in [4.69, 9.17) is 0 Å². The van der Waals surface area contributed by atoms with Crippen molar-refractivity contribution in [1.82, 2.24) is 0 Å². The van der Waals surface area contributed by atoms with Gasteiger partial charge in [-0.25, -0.2) is 0 Å². The van der Waals surface area contributed by atoms with Gasteiger partial charge in [0.05, 0.1) is 6.10 Å². The lowest BCUT2D eigenvalue weighted by molar-refractivity contribution is -0.131. The van der Waals surface area contributed by atoms with Crippen molar-refractivity contribution in [3.8, 4) is 0 Å². The molecule has 0 saturated heterocycles. The van der Waals surface area contributed by atoms with E-state index in [1.165, 1.54) is 37.7 Å². The molecule has 3 fully saturated rings. The lowest BCUT2D eigenvalue weighted by Crippen LogP contribution is -2.54. The van der Waals surface area contributed by atoms with Crippen LogP contribution in [0.3, 0.4) is 0 Å². The average Bonchev–Trinajstić information content (AvgIpc) is 2.82. The van der Waals surface area contributed by atoms with Gasteiger partial charge in [-0.3, -0.25) is 4.79 Å². The van der Waals surface area contributed by atoms with Crippen LogP contribution in [-0.4, -0.2) is 17.0 Å². The number of ketones is 1. The van der Waals surface area contributed by atoms with Crippen LogP contribution in [0, 0.1) is 28.6 Å². The van der Waals surface area contributed by atoms with Gasteiger partial charge < -0.3 is 5.11 Å². The molecule has 1 N–H and O–H groups in total. The second kappa shape index (κ2) is 4.44. The molecule has 4 rings (SSSR count). The number of fused-ring (bicyclic) bond motifs is 5. The van der Waals surface area contributed by atoms with Gasteiger partial charge in [-0.1, -0.05) is 31.9 Å². The molecule has 0 spiro atoms. The van der Waals surface area contributed by atoms with Gasteiger partial charge in [-0.15, -0.1) is 0 Å². The molecule has 0 heterocycles. The summed E-state index contributed by atoms with van der Waals surface area (Å²) in [6, 6.07) is 0. The van der Waals surface area contributed by atoms with E-state index in [2.05, 4.69) is 19.9 Å². The van der Waals surface area contributed by atoms with Crippen molar-refractivity contribution in [3.05, 3.63) is 11.6 Å². The second-order valence-corrected chi connectivity index (χ2v) is 8.64. The summed E-state index contributed by atoms with van der Waals surface area (Å²) in [7, 11) is 0. The van der Waals surface area contributed by atoms with Crippen LogP contribution in [0.2, 0.25) is 0 Å². The topological polar surface area (TPSA) is 37.3 Å². The van der Waals surface area contributed by atoms with Gasteiger partial charge in [-0.05, 0) is 55.3 Å². The first-order chi connectivity index (χ1) is 9.95. The molecule has 0 radical (unpaired) electrons. The lowest BCUT2D eigenvalue weighted by atomic mass is 9.47. The molecule has 0 bridgehead atoms. The number of allylic oxidation sites excluding steroid dienone is 1. The largest absolute Gasteiger partial charge is 0.392 e. The minimum absolute atomic E-state index is 0.124. The summed E-state index contributed by atoms with van der Waals surface area (Å²) in [6.07, 6.45) is 10.7. The predicted octanol–water partition coefficient (Wildman–Crippen LogP) is 3.88. The van der Waals surface area contributed by atoms with Crippen molar-refractivity contribution in [3.63, 3.8) is 0 Å². The Kier molecular flexibility index (Phi) is 2.96. The Morgan fingerprint density at radius 1 is 1.19 bits per heavy atom. The van der Waals surface area contributed by atoms with Crippen LogP contribution in [0.15, 0.2) is 11.6 Å². The molecule has 0 aromatic rings. The zero-order valence-corrected chi connectivity index (χ0v) is 13.4. The monoisotopic (exact) mass is 288 g/mol. The molecule has 0 aromatic heterocycles. The number of aliphatic hydroxyl groups is 1. The maximum Gasteiger partial charge on any atom is 0.139 e. The quantitative estimate of drug-likeness (QED) is 0.687. The van der Waals surface area contributed by atoms with E-state index in [1.54, 1.807) is 0 Å². The van der Waals surface area contributed by atoms with Crippen molar-refractivity contribution >= 4 is 5.78 Å². The van der Waals surface area contributed by atoms with Crippen molar-refractivity contribution in [2.75, 3.05) is 0 Å². The molecule has 21 heavy (non-hydrogen) atoms. The Morgan fingerprint density at radius 2 is 2.00 bits per heavy atom. The van der Waals surface area contributed by atoms with Gasteiger partial charge in [0.25, 0.3) is 0 Å². The van der Waals surface area contributed by atoms with E-state index in [0.29, 0.717) is 24.2 Å². The Balaban J connectivity index is 1.73. The number of rotatable bonds is 0. The summed E-state index contributed by atoms with van der Waals surface area (Å²) in [5, 5.41) is 10.7. The Hall–Kier alpha value is -0.630. The third-order valence-corrected chi connectivity index (χ3v) is 7.82. The first-order valence-corrected chi connectivity index (χ1v) is 8.84. The van der Waals surface area contributed by atoms with Crippen LogP contribution in [-0.2, 0) is 4.79 Å². The maximum atomic E-state index is 11.9. The average molecular weight is 288 g/mol. The van der Waals surface area contributed by atoms with Crippen LogP contribution in [0.4, 0.5) is 0 Å². The van der Waals surface area contributed by atoms with Crippen molar-refractivity contribution in [2.45, 2.75) is 71.3 Å². The van der Waals surface area contributed by atoms with E-state index >= 15 is 0 Å². The van der Waals surface area contributed by atoms with E-state index in [0.717, 1.165) is 18.3 Å². The summed E-state index contributed by atoms with van der Waals surface area (Å²) >= 11 is 0. The summed E-state index contributed by atoms with van der Waals surface area (Å²) in [6.45, 7) is 4.76. The van der Waals surface area contributed by atoms with Crippen LogP contribution in [0.1, 0.15) is 65.2 Å². The molecule has 0 unspecified atom stereocenters. The minimum atomic E-state index is -0.455. The fourth-order valence-corrected chi connectivity index (χ4v) is 6.53. The number of Topliss-reactive ketones (excluding diaryl/α,β-unsaturated/α-hetero) is 1. The number of aliphatic hydroxyl groups excluding tert-OH is 1. The molecule has 4 aliphatic rings. The SMILES string of the molecule is C[C@@]12CCC[C@H]1[C@@H]1CC=C3CC(=O)C[C@@H](O)[C@]3(C)[C@H]1CC2. The highest BCUT2D eigenvalue weighted by atomic mass is 16.3. The number of carbonyl (C=O) groups excluding carboxylic acids is 1. The van der Waals surface area contributed by atoms with Crippen LogP contribution < -0.4 is 0 Å². The fourth-order valence-electron chi connectivity index (χ4n) is 6.53. The van der Waals surface area contributed by atoms with Crippen LogP contribution in [0.25, 0.3) is 0 Å². The number of hydrogen-bond donors (Lipinski definition) is 1. The Labute approximate surface area is 128 Å². The predicted molar refractivity (Wildman–Crippen MR) is 82.7 cm³/mol. The second-order valence-electron chi connectivity index (χ2n) is 8.64. The molecule has 2 nitrogen and oxygen atoms in total. The summed E-state index contributed by atoms with van der Waals surface area (Å²) in [5.74, 6) is 2.40. The molecular formula is C19H28O2. The van der Waals surface area contributed by atoms with Gasteiger partial charge in [0.1, 0.15) is 5.78 Å². The summed E-state index contributed by atoms with van der Waals surface area (Å²) < 4.78 is 0. The van der Waals surface area contributed by atoms with Gasteiger partial charge in [-0.2, -0.15) is 0 Å². The van der Waals surface area contributed by atoms with Crippen LogP contribution >= 0.6 is 0 Å². The zero-order chi connectivity index (χ0) is 14.8. The van der Waals surface area contributed by atoms with Gasteiger partial charge in [0.2, 0.25) is 0 Å². The standard InChI is InChI=1S/C19H28O2/c1-18-8-3-4-15(18)14-6-5-12-10-13(20)11-17(21)19(12,2)16(14)7-9-18/h5,14-17,21H,3-4,6-11H2,1-2H3/t14-,15-,16-,17+,18-,19-/m0/s1. The Morgan fingerprint density at radius 3 is 2.81 bits per heavy atom. The highest BCUT2D eigenvalue weighted by Gasteiger charge is 2.58. The first kappa shape index (κ1) is 14.0. The smallest absolute Gasteiger partial charge is 0.139 e. The molecule has 116 valence electrons. The first-order valence-electron chi connectivity index (χ1n) is 8.84. The molecule has 3 saturated carbocycles. The highest BCUT2D eigenvalue weighted by molar-refractivity contribution is 5.83. The zero-order valence-electron chi connectivity index (χ0n) is 13.4. The van der Waals surface area contributed by atoms with Gasteiger partial charge >= 0.3 is 0 Å². The molecule has 2 heteroatoms. The lowest BCUT2D eigenvalue weighted by Gasteiger charge is -2.57. The number of hydrogen-bond acceptors (Lipinski definition) is 2. The van der Waals surface area contributed by atoms with Crippen LogP contribution in [0.5, 0.6) is 0 Å². The van der Waals surface area contributed by atoms with E-state index in [9.17, 15) is 9.90 Å². The Bertz CT molecular complexity index is 508. The summed E-state index contributed by atoms with van der Waals surface area (Å²) in [4.78, 5) is 11.9. The van der Waals surface area contributed by atoms with E-state index < -0.39 is 6.10 Å². The maximum absolute atomic E-state index is 11.9. The molecule has 0 aliphatic heterocycles. The third kappa shape index (κ3) is 1.78. The van der Waals surface area contributed by atoms with Crippen molar-refractivity contribution in [2.24, 2.45) is 28.6 Å². The van der Waals surface area contributed by atoms with Gasteiger partial charge in [0, 0.05) is 18.3 Å². The van der Waals surface area contributed by atoms with E-state index in [-0.39, 0.29) is 11.2 Å². The molecule has 0 amide bonds. The van der Waals surface area contributed by atoms with Gasteiger partial charge in [0.15, 0.2) is 0 Å². The fraction of sp³-hybridized carbons (Fsp3) is 0.842. The minimum Gasteiger partial charge on any atom is -0.392 e. The van der Waals surface area contributed by atoms with Crippen molar-refractivity contribution < 1.29 is 9.90 Å². The van der Waals surface area contributed by atoms with E-state index in [1.807, 2.05) is 0 Å². The molecular weight excluding hydrogens is 260 g/mol. The summed E-state index contributed by atoms with van der Waals surface area (Å²) in [5.41, 5.74) is 1.69. The molecule has 6 atom stereocenters. The molecule has 0 aromatic carbocycles. The van der Waals surface area contributed by atoms with Crippen molar-refractivity contribution in [1.29, 1.82) is 0 Å². The molecule has 4 aliphatic carbocycles. The normalized spacial score (nSPS) is 52.7.